The number of carbonyl (C=O) groups is 1. The molecule has 0 spiro atoms. The number of nitrogens with one attached hydrogen (secondary N) is 1. The molecule has 0 unspecified atom stereocenters. The molecule has 1 aromatic rings. The highest BCUT2D eigenvalue weighted by Crippen LogP contribution is 2.24. The van der Waals surface area contributed by atoms with E-state index >= 15 is 0 Å². The Balaban J connectivity index is 0.00000161. The first-order chi connectivity index (χ1) is 9.83. The molecule has 5 heteroatoms. The Kier molecular flexibility index (Phi) is 5.88. The number of hydrogen-bond acceptors (Lipinski definition) is 3. The molecule has 1 saturated carbocycles. The molecule has 2 fully saturated rings. The molecule has 0 radical (unpaired) electrons. The average Bonchev–Trinajstić information content (AvgIpc) is 3.01. The number of halogens is 1. The molecule has 1 amide bonds. The monoisotopic (exact) mass is 310 g/mol. The van der Waals surface area contributed by atoms with Crippen LogP contribution in [0.5, 0.6) is 5.75 Å². The molecule has 1 saturated heterocycles. The van der Waals surface area contributed by atoms with Crippen LogP contribution < -0.4 is 10.1 Å². The molecule has 0 atom stereocenters. The fourth-order valence-corrected chi connectivity index (χ4v) is 2.95. The van der Waals surface area contributed by atoms with E-state index in [1.165, 1.54) is 12.8 Å². The normalized spacial score (nSPS) is 19.1. The van der Waals surface area contributed by atoms with Crippen LogP contribution >= 0.6 is 12.4 Å². The van der Waals surface area contributed by atoms with Gasteiger partial charge in [0, 0.05) is 31.7 Å². The summed E-state index contributed by atoms with van der Waals surface area (Å²) in [4.78, 5) is 14.3. The molecular weight excluding hydrogens is 288 g/mol. The highest BCUT2D eigenvalue weighted by molar-refractivity contribution is 5.94. The van der Waals surface area contributed by atoms with Gasteiger partial charge in [0.05, 0.1) is 6.10 Å². The first-order valence-corrected chi connectivity index (χ1v) is 7.59. The number of rotatable bonds is 3. The van der Waals surface area contributed by atoms with E-state index in [0.717, 1.165) is 50.3 Å². The van der Waals surface area contributed by atoms with Gasteiger partial charge in [0.25, 0.3) is 5.91 Å². The average molecular weight is 311 g/mol. The van der Waals surface area contributed by atoms with Crippen molar-refractivity contribution >= 4 is 18.3 Å². The summed E-state index contributed by atoms with van der Waals surface area (Å²) in [7, 11) is 0. The lowest BCUT2D eigenvalue weighted by molar-refractivity contribution is 0.0735. The molecule has 1 aliphatic carbocycles. The van der Waals surface area contributed by atoms with Gasteiger partial charge in [-0.2, -0.15) is 0 Å². The van der Waals surface area contributed by atoms with Crippen LogP contribution in [-0.2, 0) is 0 Å². The van der Waals surface area contributed by atoms with Crippen molar-refractivity contribution in [3.8, 4) is 5.75 Å². The molecule has 21 heavy (non-hydrogen) atoms. The molecule has 0 bridgehead atoms. The number of ether oxygens (including phenoxy) is 1. The summed E-state index contributed by atoms with van der Waals surface area (Å²) in [6.07, 6.45) is 5.11. The molecule has 1 N–H and O–H groups in total. The second kappa shape index (κ2) is 7.66. The maximum Gasteiger partial charge on any atom is 0.254 e. The van der Waals surface area contributed by atoms with Crippen LogP contribution in [0.4, 0.5) is 0 Å². The van der Waals surface area contributed by atoms with Gasteiger partial charge in [0.1, 0.15) is 5.75 Å². The van der Waals surface area contributed by atoms with E-state index in [0.29, 0.717) is 6.10 Å². The number of piperazine rings is 1. The minimum atomic E-state index is 0. The highest BCUT2D eigenvalue weighted by atomic mass is 35.5. The van der Waals surface area contributed by atoms with Crippen molar-refractivity contribution in [3.63, 3.8) is 0 Å². The maximum absolute atomic E-state index is 12.4. The Morgan fingerprint density at radius 1 is 1.19 bits per heavy atom. The number of amides is 1. The molecule has 1 aromatic carbocycles. The fourth-order valence-electron chi connectivity index (χ4n) is 2.95. The van der Waals surface area contributed by atoms with Crippen molar-refractivity contribution in [2.24, 2.45) is 0 Å². The summed E-state index contributed by atoms with van der Waals surface area (Å²) in [5.41, 5.74) is 0.738. The molecule has 1 aliphatic heterocycles. The summed E-state index contributed by atoms with van der Waals surface area (Å²) in [5, 5.41) is 3.26. The summed E-state index contributed by atoms with van der Waals surface area (Å²) in [6, 6.07) is 7.64. The molecule has 4 nitrogen and oxygen atoms in total. The molecular formula is C16H23ClN2O2. The van der Waals surface area contributed by atoms with E-state index in [1.54, 1.807) is 0 Å². The number of nitrogens with zero attached hydrogens (tertiary/aromatic N) is 1. The zero-order valence-corrected chi connectivity index (χ0v) is 13.0. The highest BCUT2D eigenvalue weighted by Gasteiger charge is 2.20. The van der Waals surface area contributed by atoms with Gasteiger partial charge in [-0.1, -0.05) is 6.07 Å². The molecule has 3 rings (SSSR count). The van der Waals surface area contributed by atoms with Crippen LogP contribution in [0, 0.1) is 0 Å². The summed E-state index contributed by atoms with van der Waals surface area (Å²) < 4.78 is 5.97. The van der Waals surface area contributed by atoms with Crippen LogP contribution in [0.2, 0.25) is 0 Å². The summed E-state index contributed by atoms with van der Waals surface area (Å²) >= 11 is 0. The van der Waals surface area contributed by atoms with Gasteiger partial charge in [0.15, 0.2) is 0 Å². The predicted octanol–water partition coefficient (Wildman–Crippen LogP) is 2.48. The van der Waals surface area contributed by atoms with Crippen LogP contribution in [0.3, 0.4) is 0 Å². The molecule has 2 aliphatic rings. The smallest absolute Gasteiger partial charge is 0.254 e. The number of carbonyl (C=O) groups excluding carboxylic acids is 1. The largest absolute Gasteiger partial charge is 0.490 e. The second-order valence-corrected chi connectivity index (χ2v) is 5.59. The van der Waals surface area contributed by atoms with E-state index in [9.17, 15) is 4.79 Å². The van der Waals surface area contributed by atoms with Gasteiger partial charge in [-0.25, -0.2) is 0 Å². The maximum atomic E-state index is 12.4. The van der Waals surface area contributed by atoms with Crippen LogP contribution in [0.1, 0.15) is 36.0 Å². The third-order valence-corrected chi connectivity index (χ3v) is 4.09. The van der Waals surface area contributed by atoms with E-state index in [1.807, 2.05) is 29.2 Å². The van der Waals surface area contributed by atoms with Crippen molar-refractivity contribution in [2.75, 3.05) is 26.2 Å². The Bertz CT molecular complexity index is 469. The lowest BCUT2D eigenvalue weighted by atomic mass is 10.1. The quantitative estimate of drug-likeness (QED) is 0.932. The standard InChI is InChI=1S/C16H22N2O2.ClH/c19-16(18-10-8-17-9-11-18)13-4-3-7-15(12-13)20-14-5-1-2-6-14;/h3-4,7,12,14,17H,1-2,5-6,8-11H2;1H. The Hall–Kier alpha value is -1.26. The SMILES string of the molecule is Cl.O=C(c1cccc(OC2CCCC2)c1)N1CCNCC1. The van der Waals surface area contributed by atoms with E-state index in [2.05, 4.69) is 5.32 Å². The minimum absolute atomic E-state index is 0. The van der Waals surface area contributed by atoms with Gasteiger partial charge in [-0.3, -0.25) is 4.79 Å². The van der Waals surface area contributed by atoms with E-state index < -0.39 is 0 Å². The number of hydrogen-bond donors (Lipinski definition) is 1. The number of benzene rings is 1. The lowest BCUT2D eigenvalue weighted by Gasteiger charge is -2.27. The lowest BCUT2D eigenvalue weighted by Crippen LogP contribution is -2.46. The Labute approximate surface area is 132 Å². The van der Waals surface area contributed by atoms with Crippen molar-refractivity contribution in [1.82, 2.24) is 10.2 Å². The van der Waals surface area contributed by atoms with E-state index in [-0.39, 0.29) is 18.3 Å². The van der Waals surface area contributed by atoms with Gasteiger partial charge < -0.3 is 15.0 Å². The zero-order chi connectivity index (χ0) is 13.8. The fraction of sp³-hybridized carbons (Fsp3) is 0.562. The van der Waals surface area contributed by atoms with Crippen molar-refractivity contribution in [2.45, 2.75) is 31.8 Å². The summed E-state index contributed by atoms with van der Waals surface area (Å²) in [6.45, 7) is 3.33. The third kappa shape index (κ3) is 4.11. The van der Waals surface area contributed by atoms with Crippen LogP contribution in [-0.4, -0.2) is 43.1 Å². The van der Waals surface area contributed by atoms with Gasteiger partial charge in [0.2, 0.25) is 0 Å². The van der Waals surface area contributed by atoms with E-state index in [4.69, 9.17) is 4.74 Å². The third-order valence-electron chi connectivity index (χ3n) is 4.09. The zero-order valence-electron chi connectivity index (χ0n) is 12.2. The minimum Gasteiger partial charge on any atom is -0.490 e. The second-order valence-electron chi connectivity index (χ2n) is 5.59. The van der Waals surface area contributed by atoms with Crippen molar-refractivity contribution in [1.29, 1.82) is 0 Å². The first kappa shape index (κ1) is 16.1. The predicted molar refractivity (Wildman–Crippen MR) is 85.3 cm³/mol. The summed E-state index contributed by atoms with van der Waals surface area (Å²) in [5.74, 6) is 0.946. The van der Waals surface area contributed by atoms with Gasteiger partial charge >= 0.3 is 0 Å². The molecule has 1 heterocycles. The van der Waals surface area contributed by atoms with Crippen LogP contribution in [0.15, 0.2) is 24.3 Å². The van der Waals surface area contributed by atoms with Crippen molar-refractivity contribution in [3.05, 3.63) is 29.8 Å². The van der Waals surface area contributed by atoms with Gasteiger partial charge in [-0.05, 0) is 43.9 Å². The first-order valence-electron chi connectivity index (χ1n) is 7.59. The Morgan fingerprint density at radius 3 is 2.62 bits per heavy atom. The molecule has 116 valence electrons. The van der Waals surface area contributed by atoms with Crippen molar-refractivity contribution < 1.29 is 9.53 Å². The Morgan fingerprint density at radius 2 is 1.90 bits per heavy atom. The topological polar surface area (TPSA) is 41.6 Å². The van der Waals surface area contributed by atoms with Crippen LogP contribution in [0.25, 0.3) is 0 Å². The van der Waals surface area contributed by atoms with Gasteiger partial charge in [-0.15, -0.1) is 12.4 Å². The molecule has 0 aromatic heterocycles.